The van der Waals surface area contributed by atoms with Gasteiger partial charge in [-0.3, -0.25) is 4.90 Å². The van der Waals surface area contributed by atoms with Crippen LogP contribution in [0, 0.1) is 7.05 Å². The molecule has 0 heterocycles. The summed E-state index contributed by atoms with van der Waals surface area (Å²) >= 11 is 0. The Morgan fingerprint density at radius 1 is 1.27 bits per heavy atom. The number of likely N-dealkylation sites (N-methyl/N-ethyl adjacent to an activating group) is 1. The van der Waals surface area contributed by atoms with E-state index in [1.807, 2.05) is 25.2 Å². The van der Waals surface area contributed by atoms with Crippen LogP contribution in [-0.4, -0.2) is 18.5 Å². The van der Waals surface area contributed by atoms with E-state index in [1.54, 1.807) is 4.90 Å². The van der Waals surface area contributed by atoms with Crippen LogP contribution in [0.3, 0.4) is 0 Å². The van der Waals surface area contributed by atoms with Gasteiger partial charge in [-0.25, -0.2) is 0 Å². The Morgan fingerprint density at radius 2 is 1.91 bits per heavy atom. The number of benzene rings is 1. The van der Waals surface area contributed by atoms with Gasteiger partial charge in [0.25, 0.3) is 0 Å². The second kappa shape index (κ2) is 4.14. The highest BCUT2D eigenvalue weighted by Gasteiger charge is 1.92. The van der Waals surface area contributed by atoms with Crippen molar-refractivity contribution >= 4 is 0 Å². The first-order valence-corrected chi connectivity index (χ1v) is 3.79. The van der Waals surface area contributed by atoms with Gasteiger partial charge in [0.15, 0.2) is 0 Å². The molecular weight excluding hydrogens is 134 g/mol. The van der Waals surface area contributed by atoms with Crippen LogP contribution in [0.5, 0.6) is 0 Å². The summed E-state index contributed by atoms with van der Waals surface area (Å²) < 4.78 is 0. The summed E-state index contributed by atoms with van der Waals surface area (Å²) in [5.41, 5.74) is 1.34. The van der Waals surface area contributed by atoms with Crippen LogP contribution < -0.4 is 0 Å². The van der Waals surface area contributed by atoms with Gasteiger partial charge in [0.2, 0.25) is 0 Å². The van der Waals surface area contributed by atoms with Gasteiger partial charge < -0.3 is 0 Å². The van der Waals surface area contributed by atoms with Crippen molar-refractivity contribution in [2.75, 3.05) is 13.6 Å². The molecule has 1 nitrogen and oxygen atoms in total. The molecule has 11 heavy (non-hydrogen) atoms. The van der Waals surface area contributed by atoms with Gasteiger partial charge in [-0.05, 0) is 19.0 Å². The van der Waals surface area contributed by atoms with Crippen LogP contribution in [0.15, 0.2) is 30.3 Å². The van der Waals surface area contributed by atoms with E-state index in [1.165, 1.54) is 5.56 Å². The maximum atomic E-state index is 5.47. The number of hydrogen-bond acceptors (Lipinski definition) is 1. The van der Waals surface area contributed by atoms with Crippen molar-refractivity contribution < 1.29 is 0 Å². The molecule has 0 atom stereocenters. The summed E-state index contributed by atoms with van der Waals surface area (Å²) in [5, 5.41) is 0. The fraction of sp³-hybridized carbons (Fsp3) is 0.300. The third-order valence-corrected chi connectivity index (χ3v) is 1.60. The Morgan fingerprint density at radius 3 is 2.45 bits per heavy atom. The number of nitrogens with zero attached hydrogens (tertiary/aromatic N) is 1. The lowest BCUT2D eigenvalue weighted by molar-refractivity contribution is 0.455. The van der Waals surface area contributed by atoms with Crippen LogP contribution in [0.1, 0.15) is 5.56 Å². The van der Waals surface area contributed by atoms with E-state index in [9.17, 15) is 0 Å². The molecule has 1 aromatic carbocycles. The highest BCUT2D eigenvalue weighted by molar-refractivity contribution is 5.14. The minimum Gasteiger partial charge on any atom is -0.300 e. The van der Waals surface area contributed by atoms with Crippen LogP contribution in [-0.2, 0) is 6.42 Å². The molecule has 0 spiro atoms. The van der Waals surface area contributed by atoms with Gasteiger partial charge in [0, 0.05) is 13.6 Å². The molecule has 0 saturated heterocycles. The molecule has 0 fully saturated rings. The van der Waals surface area contributed by atoms with Gasteiger partial charge >= 0.3 is 0 Å². The first-order valence-electron chi connectivity index (χ1n) is 3.79. The fourth-order valence-electron chi connectivity index (χ4n) is 0.950. The smallest absolute Gasteiger partial charge is 0.0435 e. The van der Waals surface area contributed by atoms with E-state index in [0.717, 1.165) is 13.0 Å². The number of rotatable bonds is 3. The molecule has 0 N–H and O–H groups in total. The van der Waals surface area contributed by atoms with Gasteiger partial charge in [-0.2, -0.15) is 0 Å². The van der Waals surface area contributed by atoms with E-state index in [2.05, 4.69) is 12.1 Å². The van der Waals surface area contributed by atoms with Crippen LogP contribution >= 0.6 is 0 Å². The maximum absolute atomic E-state index is 5.47. The largest absolute Gasteiger partial charge is 0.300 e. The predicted molar refractivity (Wildman–Crippen MR) is 47.1 cm³/mol. The van der Waals surface area contributed by atoms with Crippen LogP contribution in [0.2, 0.25) is 0 Å². The van der Waals surface area contributed by atoms with Crippen LogP contribution in [0.4, 0.5) is 0 Å². The number of hydrogen-bond donors (Lipinski definition) is 0. The Labute approximate surface area is 68.7 Å². The van der Waals surface area contributed by atoms with Crippen molar-refractivity contribution in [2.24, 2.45) is 0 Å². The third kappa shape index (κ3) is 3.19. The van der Waals surface area contributed by atoms with Crippen molar-refractivity contribution in [1.82, 2.24) is 4.90 Å². The lowest BCUT2D eigenvalue weighted by Gasteiger charge is -2.07. The van der Waals surface area contributed by atoms with Gasteiger partial charge in [-0.1, -0.05) is 30.3 Å². The second-order valence-electron chi connectivity index (χ2n) is 2.72. The second-order valence-corrected chi connectivity index (χ2v) is 2.72. The van der Waals surface area contributed by atoms with E-state index in [-0.39, 0.29) is 0 Å². The Kier molecular flexibility index (Phi) is 3.12. The molecule has 0 aliphatic heterocycles. The van der Waals surface area contributed by atoms with Gasteiger partial charge in [-0.15, -0.1) is 0 Å². The molecule has 0 aromatic heterocycles. The lowest BCUT2D eigenvalue weighted by atomic mass is 10.1. The van der Waals surface area contributed by atoms with Crippen molar-refractivity contribution in [3.8, 4) is 0 Å². The quantitative estimate of drug-likeness (QED) is 0.589. The van der Waals surface area contributed by atoms with E-state index >= 15 is 0 Å². The van der Waals surface area contributed by atoms with Crippen molar-refractivity contribution in [2.45, 2.75) is 6.42 Å². The molecule has 58 valence electrons. The lowest BCUT2D eigenvalue weighted by Crippen LogP contribution is -2.12. The summed E-state index contributed by atoms with van der Waals surface area (Å²) in [7, 11) is 7.35. The zero-order valence-electron chi connectivity index (χ0n) is 6.83. The Hall–Kier alpha value is -0.820. The normalized spacial score (nSPS) is 10.5. The average Bonchev–Trinajstić information content (AvgIpc) is 2.03. The Balaban J connectivity index is 2.39. The molecule has 0 unspecified atom stereocenters. The van der Waals surface area contributed by atoms with Crippen molar-refractivity contribution in [3.05, 3.63) is 42.9 Å². The van der Waals surface area contributed by atoms with E-state index in [4.69, 9.17) is 7.05 Å². The summed E-state index contributed by atoms with van der Waals surface area (Å²) in [6, 6.07) is 10.3. The monoisotopic (exact) mass is 147 g/mol. The highest BCUT2D eigenvalue weighted by atomic mass is 15.0. The minimum atomic E-state index is 0.907. The summed E-state index contributed by atoms with van der Waals surface area (Å²) in [5.74, 6) is 0. The first-order chi connectivity index (χ1) is 5.29. The summed E-state index contributed by atoms with van der Waals surface area (Å²) in [6.07, 6.45) is 1.02. The Bertz CT molecular complexity index is 191. The van der Waals surface area contributed by atoms with Crippen LogP contribution in [0.25, 0.3) is 0 Å². The standard InChI is InChI=1S/C10H13N/c1-11(2)9-8-10-6-4-3-5-7-10/h1,3-7H,8-9H2,2H3. The molecule has 1 rings (SSSR count). The highest BCUT2D eigenvalue weighted by Crippen LogP contribution is 1.99. The molecule has 0 bridgehead atoms. The molecule has 1 heteroatoms. The van der Waals surface area contributed by atoms with Gasteiger partial charge in [0.1, 0.15) is 0 Å². The third-order valence-electron chi connectivity index (χ3n) is 1.60. The van der Waals surface area contributed by atoms with E-state index < -0.39 is 0 Å². The molecule has 1 aromatic rings. The van der Waals surface area contributed by atoms with Crippen molar-refractivity contribution in [3.63, 3.8) is 0 Å². The van der Waals surface area contributed by atoms with E-state index in [0.29, 0.717) is 0 Å². The SMILES string of the molecule is [CH]N(C)CCc1ccccc1. The molecule has 0 aliphatic rings. The predicted octanol–water partition coefficient (Wildman–Crippen LogP) is 1.83. The van der Waals surface area contributed by atoms with Crippen molar-refractivity contribution in [1.29, 1.82) is 0 Å². The fourth-order valence-corrected chi connectivity index (χ4v) is 0.950. The molecule has 2 radical (unpaired) electrons. The molecule has 0 aliphatic carbocycles. The maximum Gasteiger partial charge on any atom is 0.0435 e. The molecule has 0 amide bonds. The summed E-state index contributed by atoms with van der Waals surface area (Å²) in [6.45, 7) is 0.907. The first kappa shape index (κ1) is 8.28. The molecule has 0 saturated carbocycles. The zero-order chi connectivity index (χ0) is 8.10. The molecular formula is C10H13N. The van der Waals surface area contributed by atoms with Gasteiger partial charge in [0.05, 0.1) is 0 Å². The summed E-state index contributed by atoms with van der Waals surface area (Å²) in [4.78, 5) is 1.70. The average molecular weight is 147 g/mol. The minimum absolute atomic E-state index is 0.907. The topological polar surface area (TPSA) is 3.24 Å². The zero-order valence-corrected chi connectivity index (χ0v) is 6.83.